The maximum Gasteiger partial charge on any atom is 0.259 e. The van der Waals surface area contributed by atoms with Gasteiger partial charge in [0.2, 0.25) is 5.71 Å². The van der Waals surface area contributed by atoms with Gasteiger partial charge < -0.3 is 18.6 Å². The molecule has 7 aromatic carbocycles. The molecule has 0 aliphatic carbocycles. The molecule has 6 heterocycles. The number of para-hydroxylation sites is 5. The molecule has 13 rings (SSSR count). The average molecular weight is 705 g/mol. The fraction of sp³-hybridized carbons (Fsp3) is 0.0208. The highest BCUT2D eigenvalue weighted by atomic mass is 16.3. The topological polar surface area (TPSA) is 48.9 Å². The van der Waals surface area contributed by atoms with Crippen LogP contribution < -0.4 is 31.1 Å². The van der Waals surface area contributed by atoms with Crippen molar-refractivity contribution in [3.05, 3.63) is 163 Å². The van der Waals surface area contributed by atoms with E-state index < -0.39 is 0 Å². The lowest BCUT2D eigenvalue weighted by molar-refractivity contribution is 0.654. The van der Waals surface area contributed by atoms with Gasteiger partial charge >= 0.3 is 0 Å². The molecule has 0 fully saturated rings. The molecule has 0 saturated heterocycles. The highest BCUT2D eigenvalue weighted by Gasteiger charge is 2.52. The molecule has 55 heavy (non-hydrogen) atoms. The number of aromatic nitrogens is 1. The molecule has 6 nitrogen and oxygen atoms in total. The van der Waals surface area contributed by atoms with Crippen molar-refractivity contribution in [2.75, 3.05) is 14.7 Å². The Balaban J connectivity index is 1.30. The number of benzene rings is 7. The first kappa shape index (κ1) is 29.2. The summed E-state index contributed by atoms with van der Waals surface area (Å²) in [4.78, 5) is 12.9. The number of nitrogens with zero attached hydrogens (tertiary/aromatic N) is 4. The van der Waals surface area contributed by atoms with Crippen LogP contribution in [-0.4, -0.2) is 11.7 Å². The van der Waals surface area contributed by atoms with Crippen LogP contribution in [0.5, 0.6) is 0 Å². The summed E-state index contributed by atoms with van der Waals surface area (Å²) in [5, 5.41) is 4.28. The fourth-order valence-electron chi connectivity index (χ4n) is 9.72. The third kappa shape index (κ3) is 3.72. The summed E-state index contributed by atoms with van der Waals surface area (Å²) < 4.78 is 13.5. The number of pyridine rings is 1. The van der Waals surface area contributed by atoms with E-state index in [1.165, 1.54) is 16.5 Å². The molecule has 3 aliphatic heterocycles. The first-order chi connectivity index (χ1) is 27.2. The molecular weight excluding hydrogens is 675 g/mol. The minimum Gasteiger partial charge on any atom is -0.456 e. The first-order valence-electron chi connectivity index (χ1n) is 18.8. The van der Waals surface area contributed by atoms with E-state index in [1.807, 2.05) is 12.1 Å². The molecule has 7 heteroatoms. The van der Waals surface area contributed by atoms with Gasteiger partial charge in [-0.15, -0.1) is 0 Å². The van der Waals surface area contributed by atoms with E-state index in [9.17, 15) is 0 Å². The normalized spacial score (nSPS) is 13.8. The molecule has 3 aromatic heterocycles. The Morgan fingerprint density at radius 3 is 1.56 bits per heavy atom. The van der Waals surface area contributed by atoms with Crippen LogP contribution >= 0.6 is 0 Å². The van der Waals surface area contributed by atoms with Crippen molar-refractivity contribution in [2.24, 2.45) is 0 Å². The predicted molar refractivity (Wildman–Crippen MR) is 226 cm³/mol. The van der Waals surface area contributed by atoms with Gasteiger partial charge in [-0.25, -0.2) is 0 Å². The lowest BCUT2D eigenvalue weighted by atomic mass is 9.32. The number of hydrogen-bond acceptors (Lipinski definition) is 6. The molecule has 0 N–H and O–H groups in total. The van der Waals surface area contributed by atoms with E-state index >= 15 is 0 Å². The second-order valence-corrected chi connectivity index (χ2v) is 14.8. The Hall–Kier alpha value is -7.25. The quantitative estimate of drug-likeness (QED) is 0.171. The summed E-state index contributed by atoms with van der Waals surface area (Å²) in [6.07, 6.45) is 0. The van der Waals surface area contributed by atoms with Crippen LogP contribution in [0, 0.1) is 6.92 Å². The van der Waals surface area contributed by atoms with Crippen molar-refractivity contribution in [3.63, 3.8) is 0 Å². The molecular formula is C48H29BN4O2. The van der Waals surface area contributed by atoms with Crippen LogP contribution in [0.4, 0.5) is 51.3 Å². The van der Waals surface area contributed by atoms with Crippen LogP contribution in [0.1, 0.15) is 5.56 Å². The predicted octanol–water partition coefficient (Wildman–Crippen LogP) is 11.1. The smallest absolute Gasteiger partial charge is 0.259 e. The monoisotopic (exact) mass is 704 g/mol. The van der Waals surface area contributed by atoms with Crippen LogP contribution in [-0.2, 0) is 0 Å². The van der Waals surface area contributed by atoms with Crippen molar-refractivity contribution >= 4 is 118 Å². The van der Waals surface area contributed by atoms with Gasteiger partial charge in [0.15, 0.2) is 0 Å². The van der Waals surface area contributed by atoms with Gasteiger partial charge in [0.1, 0.15) is 22.6 Å². The van der Waals surface area contributed by atoms with Crippen molar-refractivity contribution < 1.29 is 8.83 Å². The third-order valence-electron chi connectivity index (χ3n) is 11.7. The standard InChI is InChI=1S/C48H29BN4O2/c1-28-25-34-42-35(26-28)52(30-17-7-3-8-18-30)46-41-33-22-12-14-24-38(33)55-48(41)50-47-44(46)49(42)43-36(53(47)31-19-9-4-10-20-31)27-39-40(32-21-11-13-23-37(32)54-39)45(43)51(34)29-15-5-2-6-16-29/h2-27H,1H3. The summed E-state index contributed by atoms with van der Waals surface area (Å²) in [5.74, 6) is 0.859. The summed E-state index contributed by atoms with van der Waals surface area (Å²) in [6, 6.07) is 56.0. The largest absolute Gasteiger partial charge is 0.456 e. The number of aryl methyl sites for hydroxylation is 1. The van der Waals surface area contributed by atoms with Gasteiger partial charge in [-0.3, -0.25) is 4.90 Å². The fourth-order valence-corrected chi connectivity index (χ4v) is 9.72. The van der Waals surface area contributed by atoms with Crippen molar-refractivity contribution in [2.45, 2.75) is 6.92 Å². The van der Waals surface area contributed by atoms with Gasteiger partial charge in [-0.05, 0) is 89.5 Å². The van der Waals surface area contributed by atoms with E-state index in [-0.39, 0.29) is 6.71 Å². The zero-order valence-corrected chi connectivity index (χ0v) is 29.7. The summed E-state index contributed by atoms with van der Waals surface area (Å²) in [7, 11) is 0. The molecule has 0 radical (unpaired) electrons. The van der Waals surface area contributed by atoms with Crippen LogP contribution in [0.25, 0.3) is 44.0 Å². The minimum atomic E-state index is -0.135. The maximum absolute atomic E-state index is 6.81. The molecule has 0 bridgehead atoms. The second-order valence-electron chi connectivity index (χ2n) is 14.8. The molecule has 0 saturated carbocycles. The Labute approximate surface area is 316 Å². The molecule has 0 unspecified atom stereocenters. The molecule has 10 aromatic rings. The lowest BCUT2D eigenvalue weighted by Gasteiger charge is -2.49. The van der Waals surface area contributed by atoms with Crippen LogP contribution in [0.3, 0.4) is 0 Å². The Bertz CT molecular complexity index is 3050. The number of furan rings is 2. The number of fused-ring (bicyclic) bond motifs is 8. The molecule has 0 atom stereocenters. The number of rotatable bonds is 3. The maximum atomic E-state index is 6.81. The zero-order chi connectivity index (χ0) is 35.9. The van der Waals surface area contributed by atoms with Crippen molar-refractivity contribution in [3.8, 4) is 0 Å². The Morgan fingerprint density at radius 2 is 0.945 bits per heavy atom. The summed E-state index contributed by atoms with van der Waals surface area (Å²) >= 11 is 0. The minimum absolute atomic E-state index is 0.135. The van der Waals surface area contributed by atoms with Gasteiger partial charge in [0.05, 0.1) is 22.1 Å². The highest BCUT2D eigenvalue weighted by molar-refractivity contribution is 7.03. The number of hydrogen-bond donors (Lipinski definition) is 0. The molecule has 0 spiro atoms. The number of anilines is 9. The Kier molecular flexibility index (Phi) is 5.56. The summed E-state index contributed by atoms with van der Waals surface area (Å²) in [5.41, 5.74) is 16.8. The highest BCUT2D eigenvalue weighted by Crippen LogP contribution is 2.54. The van der Waals surface area contributed by atoms with E-state index in [4.69, 9.17) is 13.8 Å². The van der Waals surface area contributed by atoms with E-state index in [1.54, 1.807) is 0 Å². The second kappa shape index (κ2) is 10.5. The summed E-state index contributed by atoms with van der Waals surface area (Å²) in [6.45, 7) is 2.08. The van der Waals surface area contributed by atoms with Crippen molar-refractivity contribution in [1.82, 2.24) is 4.98 Å². The molecule has 3 aliphatic rings. The zero-order valence-electron chi connectivity index (χ0n) is 29.7. The van der Waals surface area contributed by atoms with Gasteiger partial charge in [-0.2, -0.15) is 4.98 Å². The van der Waals surface area contributed by atoms with E-state index in [0.717, 1.165) is 95.1 Å². The average Bonchev–Trinajstić information content (AvgIpc) is 3.79. The molecule has 0 amide bonds. The van der Waals surface area contributed by atoms with Gasteiger partial charge in [-0.1, -0.05) is 91.0 Å². The van der Waals surface area contributed by atoms with Crippen LogP contribution in [0.2, 0.25) is 0 Å². The Morgan fingerprint density at radius 1 is 0.455 bits per heavy atom. The van der Waals surface area contributed by atoms with Gasteiger partial charge in [0.25, 0.3) is 6.71 Å². The van der Waals surface area contributed by atoms with E-state index in [2.05, 4.69) is 167 Å². The van der Waals surface area contributed by atoms with Crippen LogP contribution in [0.15, 0.2) is 167 Å². The molecule has 256 valence electrons. The SMILES string of the molecule is Cc1cc2c3c(c1)N(c1ccccc1)c1c4c(nc5oc6ccccc6c15)N(c1ccccc1)c1cc5oc6ccccc6c5c(c1B34)N2c1ccccc1. The lowest BCUT2D eigenvalue weighted by Crippen LogP contribution is -2.65. The third-order valence-corrected chi connectivity index (χ3v) is 11.7. The first-order valence-corrected chi connectivity index (χ1v) is 18.8. The van der Waals surface area contributed by atoms with Crippen molar-refractivity contribution in [1.29, 1.82) is 0 Å². The van der Waals surface area contributed by atoms with Gasteiger partial charge in [0, 0.05) is 51.0 Å². The van der Waals surface area contributed by atoms with E-state index in [0.29, 0.717) is 5.71 Å².